The minimum atomic E-state index is 0.722. The second-order valence-corrected chi connectivity index (χ2v) is 1.71. The lowest BCUT2D eigenvalue weighted by Crippen LogP contribution is -1.88. The molecule has 0 aromatic carbocycles. The molecule has 0 radical (unpaired) electrons. The van der Waals surface area contributed by atoms with E-state index in [1.807, 2.05) is 0 Å². The van der Waals surface area contributed by atoms with Gasteiger partial charge in [0.15, 0.2) is 0 Å². The summed E-state index contributed by atoms with van der Waals surface area (Å²) in [5.74, 6) is 0. The molecule has 1 aromatic rings. The maximum absolute atomic E-state index is 5.52. The van der Waals surface area contributed by atoms with Gasteiger partial charge in [0.1, 0.15) is 0 Å². The number of anilines is 1. The van der Waals surface area contributed by atoms with Crippen molar-refractivity contribution in [3.63, 3.8) is 0 Å². The van der Waals surface area contributed by atoms with Crippen molar-refractivity contribution in [1.29, 1.82) is 0 Å². The van der Waals surface area contributed by atoms with Crippen molar-refractivity contribution in [3.8, 4) is 0 Å². The number of aromatic nitrogens is 1. The van der Waals surface area contributed by atoms with Crippen molar-refractivity contribution >= 4 is 11.8 Å². The van der Waals surface area contributed by atoms with E-state index in [0.717, 1.165) is 11.3 Å². The highest BCUT2D eigenvalue weighted by molar-refractivity contribution is 5.61. The van der Waals surface area contributed by atoms with Gasteiger partial charge < -0.3 is 5.73 Å². The zero-order valence-corrected chi connectivity index (χ0v) is 5.04. The first-order valence-electron chi connectivity index (χ1n) is 2.66. The Bertz CT molecular complexity index is 218. The zero-order valence-electron chi connectivity index (χ0n) is 5.04. The van der Waals surface area contributed by atoms with Crippen LogP contribution in [-0.4, -0.2) is 4.98 Å². The molecule has 0 aliphatic heterocycles. The number of nitrogens with zero attached hydrogens (tertiary/aromatic N) is 1. The summed E-state index contributed by atoms with van der Waals surface area (Å²) in [6.45, 7) is 3.57. The summed E-state index contributed by atoms with van der Waals surface area (Å²) in [5.41, 5.74) is 7.13. The molecule has 0 unspecified atom stereocenters. The molecule has 0 saturated heterocycles. The van der Waals surface area contributed by atoms with Crippen LogP contribution < -0.4 is 5.73 Å². The molecule has 0 amide bonds. The molecule has 0 atom stereocenters. The molecule has 0 spiro atoms. The summed E-state index contributed by atoms with van der Waals surface area (Å²) in [6, 6.07) is 1.75. The van der Waals surface area contributed by atoms with E-state index in [1.165, 1.54) is 0 Å². The van der Waals surface area contributed by atoms with Crippen molar-refractivity contribution in [2.24, 2.45) is 0 Å². The van der Waals surface area contributed by atoms with Crippen LogP contribution in [0.1, 0.15) is 5.56 Å². The van der Waals surface area contributed by atoms with Gasteiger partial charge in [-0.05, 0) is 6.07 Å². The van der Waals surface area contributed by atoms with Gasteiger partial charge in [0.05, 0.1) is 0 Å². The minimum absolute atomic E-state index is 0.722. The lowest BCUT2D eigenvalue weighted by molar-refractivity contribution is 1.32. The third-order valence-corrected chi connectivity index (χ3v) is 1.11. The second kappa shape index (κ2) is 2.31. The molecule has 9 heavy (non-hydrogen) atoms. The van der Waals surface area contributed by atoms with Crippen molar-refractivity contribution in [2.75, 3.05) is 5.73 Å². The molecule has 1 rings (SSSR count). The Hall–Kier alpha value is -1.31. The first kappa shape index (κ1) is 5.82. The van der Waals surface area contributed by atoms with Gasteiger partial charge in [-0.25, -0.2) is 0 Å². The molecule has 0 aliphatic rings. The molecule has 0 bridgehead atoms. The molecule has 0 fully saturated rings. The predicted molar refractivity (Wildman–Crippen MR) is 38.7 cm³/mol. The number of hydrogen-bond acceptors (Lipinski definition) is 2. The monoisotopic (exact) mass is 120 g/mol. The first-order chi connectivity index (χ1) is 4.34. The van der Waals surface area contributed by atoms with E-state index in [0.29, 0.717) is 0 Å². The van der Waals surface area contributed by atoms with E-state index in [9.17, 15) is 0 Å². The average Bonchev–Trinajstić information content (AvgIpc) is 1.89. The van der Waals surface area contributed by atoms with Gasteiger partial charge >= 0.3 is 0 Å². The lowest BCUT2D eigenvalue weighted by Gasteiger charge is -1.94. The van der Waals surface area contributed by atoms with Gasteiger partial charge in [-0.3, -0.25) is 4.98 Å². The summed E-state index contributed by atoms with van der Waals surface area (Å²) >= 11 is 0. The number of rotatable bonds is 1. The molecule has 1 aromatic heterocycles. The van der Waals surface area contributed by atoms with Crippen LogP contribution in [0.2, 0.25) is 0 Å². The fraction of sp³-hybridized carbons (Fsp3) is 0. The van der Waals surface area contributed by atoms with E-state index in [2.05, 4.69) is 11.6 Å². The second-order valence-electron chi connectivity index (χ2n) is 1.71. The Morgan fingerprint density at radius 2 is 2.44 bits per heavy atom. The van der Waals surface area contributed by atoms with Crippen LogP contribution in [0, 0.1) is 0 Å². The van der Waals surface area contributed by atoms with E-state index in [4.69, 9.17) is 5.73 Å². The molecule has 2 heteroatoms. The smallest absolute Gasteiger partial charge is 0.0418 e. The lowest BCUT2D eigenvalue weighted by atomic mass is 10.2. The Morgan fingerprint density at radius 3 is 2.89 bits per heavy atom. The first-order valence-corrected chi connectivity index (χ1v) is 2.66. The third kappa shape index (κ3) is 1.08. The summed E-state index contributed by atoms with van der Waals surface area (Å²) in [5, 5.41) is 0. The Labute approximate surface area is 54.0 Å². The highest BCUT2D eigenvalue weighted by atomic mass is 14.7. The van der Waals surface area contributed by atoms with Gasteiger partial charge in [-0.2, -0.15) is 0 Å². The molecule has 46 valence electrons. The summed E-state index contributed by atoms with van der Waals surface area (Å²) < 4.78 is 0. The predicted octanol–water partition coefficient (Wildman–Crippen LogP) is 1.31. The topological polar surface area (TPSA) is 38.9 Å². The Morgan fingerprint density at radius 1 is 1.67 bits per heavy atom. The van der Waals surface area contributed by atoms with Crippen LogP contribution in [0.4, 0.5) is 5.69 Å². The van der Waals surface area contributed by atoms with Crippen molar-refractivity contribution in [2.45, 2.75) is 0 Å². The number of pyridine rings is 1. The summed E-state index contributed by atoms with van der Waals surface area (Å²) in [6.07, 6.45) is 5.02. The van der Waals surface area contributed by atoms with E-state index >= 15 is 0 Å². The third-order valence-electron chi connectivity index (χ3n) is 1.11. The average molecular weight is 120 g/mol. The highest BCUT2D eigenvalue weighted by Gasteiger charge is 1.88. The van der Waals surface area contributed by atoms with Crippen LogP contribution in [-0.2, 0) is 0 Å². The fourth-order valence-electron chi connectivity index (χ4n) is 0.588. The summed E-state index contributed by atoms with van der Waals surface area (Å²) in [7, 11) is 0. The largest absolute Gasteiger partial charge is 0.398 e. The minimum Gasteiger partial charge on any atom is -0.398 e. The van der Waals surface area contributed by atoms with E-state index in [-0.39, 0.29) is 0 Å². The van der Waals surface area contributed by atoms with Crippen LogP contribution in [0.3, 0.4) is 0 Å². The zero-order chi connectivity index (χ0) is 6.69. The molecule has 1 heterocycles. The van der Waals surface area contributed by atoms with Crippen LogP contribution >= 0.6 is 0 Å². The molecule has 0 saturated carbocycles. The quantitative estimate of drug-likeness (QED) is 0.606. The fourth-order valence-corrected chi connectivity index (χ4v) is 0.588. The number of nitrogens with two attached hydrogens (primary N) is 1. The van der Waals surface area contributed by atoms with Crippen LogP contribution in [0.15, 0.2) is 25.0 Å². The molecule has 2 N–H and O–H groups in total. The molecule has 2 nitrogen and oxygen atoms in total. The highest BCUT2D eigenvalue weighted by Crippen LogP contribution is 2.08. The Kier molecular flexibility index (Phi) is 1.49. The molecule has 0 aliphatic carbocycles. The van der Waals surface area contributed by atoms with Crippen molar-refractivity contribution in [1.82, 2.24) is 4.98 Å². The van der Waals surface area contributed by atoms with Gasteiger partial charge in [0, 0.05) is 23.6 Å². The number of nitrogen functional groups attached to an aromatic ring is 1. The Balaban J connectivity index is 3.15. The van der Waals surface area contributed by atoms with Crippen LogP contribution in [0.5, 0.6) is 0 Å². The van der Waals surface area contributed by atoms with Crippen LogP contribution in [0.25, 0.3) is 6.08 Å². The van der Waals surface area contributed by atoms with E-state index in [1.54, 1.807) is 24.5 Å². The maximum atomic E-state index is 5.52. The maximum Gasteiger partial charge on any atom is 0.0418 e. The van der Waals surface area contributed by atoms with Gasteiger partial charge in [0.2, 0.25) is 0 Å². The standard InChI is InChI=1S/C7H8N2/c1-2-6-5-9-4-3-7(6)8/h2-5H,1H2,(H2,8,9). The summed E-state index contributed by atoms with van der Waals surface area (Å²) in [4.78, 5) is 3.87. The van der Waals surface area contributed by atoms with E-state index < -0.39 is 0 Å². The van der Waals surface area contributed by atoms with Gasteiger partial charge in [-0.15, -0.1) is 0 Å². The normalized spacial score (nSPS) is 8.89. The molecular weight excluding hydrogens is 112 g/mol. The van der Waals surface area contributed by atoms with Crippen molar-refractivity contribution in [3.05, 3.63) is 30.6 Å². The van der Waals surface area contributed by atoms with Gasteiger partial charge in [0.25, 0.3) is 0 Å². The van der Waals surface area contributed by atoms with Gasteiger partial charge in [-0.1, -0.05) is 12.7 Å². The molecular formula is C7H8N2. The van der Waals surface area contributed by atoms with Crippen molar-refractivity contribution < 1.29 is 0 Å². The SMILES string of the molecule is C=Cc1cnccc1N. The number of hydrogen-bond donors (Lipinski definition) is 1.